The number of rotatable bonds is 7. The Hall–Kier alpha value is -2.93. The van der Waals surface area contributed by atoms with Crippen LogP contribution in [0.4, 0.5) is 19.0 Å². The van der Waals surface area contributed by atoms with Crippen LogP contribution in [0.1, 0.15) is 57.2 Å². The summed E-state index contributed by atoms with van der Waals surface area (Å²) >= 11 is 0. The summed E-state index contributed by atoms with van der Waals surface area (Å²) in [4.78, 5) is 20.3. The van der Waals surface area contributed by atoms with Gasteiger partial charge in [-0.15, -0.1) is 0 Å². The SMILES string of the molecule is CN(C(=O)c1cc2nc(N)c3c(c2n1COCC[Si](C)(C)C)COC3)[C@@H]1COC2(CC2)c2cc(C(F)(F)F)ccc21. The zero-order valence-electron chi connectivity index (χ0n) is 23.7. The van der Waals surface area contributed by atoms with Crippen LogP contribution >= 0.6 is 0 Å². The minimum Gasteiger partial charge on any atom is -0.383 e. The number of anilines is 1. The normalized spacial score (nSPS) is 19.4. The highest BCUT2D eigenvalue weighted by Gasteiger charge is 2.52. The van der Waals surface area contributed by atoms with Crippen molar-refractivity contribution in [3.05, 3.63) is 57.8 Å². The summed E-state index contributed by atoms with van der Waals surface area (Å²) in [6.45, 7) is 8.44. The third-order valence-electron chi connectivity index (χ3n) is 8.45. The lowest BCUT2D eigenvalue weighted by Gasteiger charge is -2.37. The van der Waals surface area contributed by atoms with E-state index in [9.17, 15) is 18.0 Å². The number of nitrogens with two attached hydrogens (primary N) is 1. The topological polar surface area (TPSA) is 91.8 Å². The number of alkyl halides is 3. The summed E-state index contributed by atoms with van der Waals surface area (Å²) in [6.07, 6.45) is -3.14. The molecule has 4 heterocycles. The lowest BCUT2D eigenvalue weighted by molar-refractivity contribution is -0.137. The molecule has 1 atom stereocenters. The zero-order valence-corrected chi connectivity index (χ0v) is 24.7. The second-order valence-corrected chi connectivity index (χ2v) is 18.1. The number of hydrogen-bond acceptors (Lipinski definition) is 6. The van der Waals surface area contributed by atoms with E-state index in [1.165, 1.54) is 12.1 Å². The quantitative estimate of drug-likeness (QED) is 0.277. The molecule has 1 fully saturated rings. The fraction of sp³-hybridized carbons (Fsp3) is 0.517. The van der Waals surface area contributed by atoms with Gasteiger partial charge in [0.15, 0.2) is 0 Å². The predicted octanol–water partition coefficient (Wildman–Crippen LogP) is 5.81. The molecule has 1 aliphatic carbocycles. The summed E-state index contributed by atoms with van der Waals surface area (Å²) in [5.74, 6) is 0.0631. The highest BCUT2D eigenvalue weighted by Crippen LogP contribution is 2.55. The Balaban J connectivity index is 1.37. The van der Waals surface area contributed by atoms with E-state index in [0.717, 1.165) is 28.8 Å². The van der Waals surface area contributed by atoms with Crippen molar-refractivity contribution >= 4 is 30.8 Å². The van der Waals surface area contributed by atoms with Crippen molar-refractivity contribution in [1.29, 1.82) is 0 Å². The maximum absolute atomic E-state index is 14.2. The Morgan fingerprint density at radius 2 is 1.95 bits per heavy atom. The maximum Gasteiger partial charge on any atom is 0.416 e. The lowest BCUT2D eigenvalue weighted by Crippen LogP contribution is -2.40. The number of likely N-dealkylation sites (N-methyl/N-ethyl adjacent to an activating group) is 1. The number of halogens is 3. The van der Waals surface area contributed by atoms with E-state index < -0.39 is 31.5 Å². The fourth-order valence-electron chi connectivity index (χ4n) is 5.84. The van der Waals surface area contributed by atoms with Gasteiger partial charge in [-0.1, -0.05) is 25.7 Å². The van der Waals surface area contributed by atoms with Crippen molar-refractivity contribution in [3.8, 4) is 0 Å². The third kappa shape index (κ3) is 5.04. The molecule has 1 saturated carbocycles. The molecular weight excluding hydrogens is 553 g/mol. The number of nitrogens with zero attached hydrogens (tertiary/aromatic N) is 3. The van der Waals surface area contributed by atoms with Crippen LogP contribution in [0.5, 0.6) is 0 Å². The Morgan fingerprint density at radius 3 is 2.63 bits per heavy atom. The van der Waals surface area contributed by atoms with Crippen LogP contribution in [0, 0.1) is 0 Å². The average molecular weight is 589 g/mol. The minimum absolute atomic E-state index is 0.150. The van der Waals surface area contributed by atoms with Crippen molar-refractivity contribution in [1.82, 2.24) is 14.5 Å². The van der Waals surface area contributed by atoms with E-state index in [1.54, 1.807) is 18.0 Å². The summed E-state index contributed by atoms with van der Waals surface area (Å²) in [6, 6.07) is 5.90. The number of carbonyl (C=O) groups is 1. The van der Waals surface area contributed by atoms with Gasteiger partial charge in [0.05, 0.1) is 48.1 Å². The number of ether oxygens (including phenoxy) is 3. The molecule has 0 radical (unpaired) electrons. The molecule has 6 rings (SSSR count). The van der Waals surface area contributed by atoms with Gasteiger partial charge < -0.3 is 29.4 Å². The Labute approximate surface area is 237 Å². The molecular formula is C29H35F3N4O4Si. The molecule has 0 saturated heterocycles. The Kier molecular flexibility index (Phi) is 6.76. The fourth-order valence-corrected chi connectivity index (χ4v) is 6.60. The van der Waals surface area contributed by atoms with Crippen LogP contribution in [-0.2, 0) is 45.9 Å². The van der Waals surface area contributed by atoms with E-state index in [1.807, 2.05) is 4.57 Å². The predicted molar refractivity (Wildman–Crippen MR) is 150 cm³/mol. The van der Waals surface area contributed by atoms with Crippen LogP contribution in [0.2, 0.25) is 25.7 Å². The molecule has 220 valence electrons. The number of hydrogen-bond donors (Lipinski definition) is 1. The first-order chi connectivity index (χ1) is 19.3. The van der Waals surface area contributed by atoms with E-state index in [0.29, 0.717) is 60.8 Å². The highest BCUT2D eigenvalue weighted by molar-refractivity contribution is 6.76. The maximum atomic E-state index is 14.2. The monoisotopic (exact) mass is 588 g/mol. The van der Waals surface area contributed by atoms with Gasteiger partial charge in [0.2, 0.25) is 0 Å². The molecule has 2 N–H and O–H groups in total. The van der Waals surface area contributed by atoms with Crippen LogP contribution in [0.15, 0.2) is 24.3 Å². The first-order valence-corrected chi connectivity index (χ1v) is 17.6. The number of benzene rings is 1. The number of amides is 1. The van der Waals surface area contributed by atoms with Gasteiger partial charge >= 0.3 is 6.18 Å². The van der Waals surface area contributed by atoms with Gasteiger partial charge in [-0.3, -0.25) is 4.79 Å². The first kappa shape index (κ1) is 28.2. The van der Waals surface area contributed by atoms with Crippen molar-refractivity contribution in [2.24, 2.45) is 0 Å². The first-order valence-electron chi connectivity index (χ1n) is 13.9. The highest BCUT2D eigenvalue weighted by atomic mass is 28.3. The molecule has 0 unspecified atom stereocenters. The molecule has 2 aromatic heterocycles. The molecule has 1 aromatic carbocycles. The molecule has 2 aliphatic heterocycles. The second kappa shape index (κ2) is 9.82. The largest absolute Gasteiger partial charge is 0.416 e. The smallest absolute Gasteiger partial charge is 0.383 e. The summed E-state index contributed by atoms with van der Waals surface area (Å²) in [7, 11) is 0.327. The van der Waals surface area contributed by atoms with Gasteiger partial charge in [0.25, 0.3) is 5.91 Å². The minimum atomic E-state index is -4.46. The van der Waals surface area contributed by atoms with Crippen molar-refractivity contribution < 1.29 is 32.2 Å². The van der Waals surface area contributed by atoms with Crippen LogP contribution in [-0.4, -0.2) is 48.7 Å². The van der Waals surface area contributed by atoms with E-state index in [-0.39, 0.29) is 19.2 Å². The average Bonchev–Trinajstić information content (AvgIpc) is 3.34. The molecule has 1 spiro atoms. The molecule has 3 aromatic rings. The standard InChI is InChI=1S/C29H35F3N4O4Si/c1-35(24-15-40-28(7-8-28)21-11-17(29(30,31)32)5-6-18(21)24)27(37)23-12-22-25(19-13-39-14-20(19)26(33)34-22)36(23)16-38-9-10-41(2,3)4/h5-6,11-12,24H,7-10,13-16H2,1-4H3,(H2,33,34)/t24-/m1/s1. The van der Waals surface area contributed by atoms with E-state index in [2.05, 4.69) is 24.6 Å². The van der Waals surface area contributed by atoms with Crippen LogP contribution in [0.3, 0.4) is 0 Å². The third-order valence-corrected chi connectivity index (χ3v) is 10.1. The number of nitrogen functional groups attached to an aromatic ring is 1. The number of fused-ring (bicyclic) bond motifs is 5. The molecule has 12 heteroatoms. The van der Waals surface area contributed by atoms with Gasteiger partial charge in [-0.2, -0.15) is 13.2 Å². The van der Waals surface area contributed by atoms with E-state index >= 15 is 0 Å². The number of aromatic nitrogens is 2. The molecule has 0 bridgehead atoms. The van der Waals surface area contributed by atoms with Crippen molar-refractivity contribution in [3.63, 3.8) is 0 Å². The Morgan fingerprint density at radius 1 is 1.22 bits per heavy atom. The summed E-state index contributed by atoms with van der Waals surface area (Å²) in [5, 5.41) is 0. The van der Waals surface area contributed by atoms with E-state index in [4.69, 9.17) is 19.9 Å². The molecule has 3 aliphatic rings. The van der Waals surface area contributed by atoms with Crippen molar-refractivity contribution in [2.75, 3.05) is 26.0 Å². The zero-order chi connectivity index (χ0) is 29.3. The molecule has 41 heavy (non-hydrogen) atoms. The Bertz CT molecular complexity index is 1530. The lowest BCUT2D eigenvalue weighted by atomic mass is 9.90. The summed E-state index contributed by atoms with van der Waals surface area (Å²) in [5.41, 5.74) is 9.42. The van der Waals surface area contributed by atoms with Gasteiger partial charge in [0.1, 0.15) is 18.2 Å². The van der Waals surface area contributed by atoms with Gasteiger partial charge in [-0.05, 0) is 48.2 Å². The van der Waals surface area contributed by atoms with Gasteiger partial charge in [0, 0.05) is 32.9 Å². The number of pyridine rings is 1. The molecule has 8 nitrogen and oxygen atoms in total. The van der Waals surface area contributed by atoms with Crippen LogP contribution < -0.4 is 5.73 Å². The summed E-state index contributed by atoms with van der Waals surface area (Å²) < 4.78 is 60.4. The van der Waals surface area contributed by atoms with Crippen molar-refractivity contribution in [2.45, 2.75) is 76.3 Å². The van der Waals surface area contributed by atoms with Gasteiger partial charge in [-0.25, -0.2) is 4.98 Å². The second-order valence-electron chi connectivity index (χ2n) is 12.5. The van der Waals surface area contributed by atoms with Crippen LogP contribution in [0.25, 0.3) is 11.0 Å². The molecule has 1 amide bonds. The number of carbonyl (C=O) groups excluding carboxylic acids is 1.